The lowest BCUT2D eigenvalue weighted by Gasteiger charge is -2.22. The van der Waals surface area contributed by atoms with E-state index in [0.717, 1.165) is 43.0 Å². The number of ether oxygens (including phenoxy) is 1. The van der Waals surface area contributed by atoms with Gasteiger partial charge < -0.3 is 10.1 Å². The third-order valence-corrected chi connectivity index (χ3v) is 4.43. The standard InChI is InChI=1S/C19H25N3O2/c1-14-9-15(2)22(21-14)12-16-5-3-7-18(10-16)19(23)20-11-17-6-4-8-24-13-17/h3,5,7,9-10,17H,4,6,8,11-13H2,1-2H3,(H,20,23). The van der Waals surface area contributed by atoms with Crippen molar-refractivity contribution in [3.63, 3.8) is 0 Å². The molecule has 1 amide bonds. The minimum atomic E-state index is -0.0178. The summed E-state index contributed by atoms with van der Waals surface area (Å²) in [6.45, 7) is 6.99. The maximum Gasteiger partial charge on any atom is 0.251 e. The van der Waals surface area contributed by atoms with Crippen LogP contribution in [0, 0.1) is 19.8 Å². The number of rotatable bonds is 5. The number of carbonyl (C=O) groups is 1. The number of carbonyl (C=O) groups excluding carboxylic acids is 1. The van der Waals surface area contributed by atoms with Crippen molar-refractivity contribution in [3.8, 4) is 0 Å². The van der Waals surface area contributed by atoms with Crippen LogP contribution in [0.25, 0.3) is 0 Å². The molecular weight excluding hydrogens is 302 g/mol. The monoisotopic (exact) mass is 327 g/mol. The van der Waals surface area contributed by atoms with E-state index in [9.17, 15) is 4.79 Å². The Bertz CT molecular complexity index is 702. The zero-order valence-electron chi connectivity index (χ0n) is 14.4. The van der Waals surface area contributed by atoms with Crippen LogP contribution in [0.3, 0.4) is 0 Å². The average Bonchev–Trinajstić information content (AvgIpc) is 2.91. The molecule has 2 heterocycles. The number of aromatic nitrogens is 2. The topological polar surface area (TPSA) is 56.2 Å². The summed E-state index contributed by atoms with van der Waals surface area (Å²) < 4.78 is 7.42. The molecule has 1 aromatic carbocycles. The third-order valence-electron chi connectivity index (χ3n) is 4.43. The number of nitrogens with zero attached hydrogens (tertiary/aromatic N) is 2. The minimum Gasteiger partial charge on any atom is -0.381 e. The first-order valence-corrected chi connectivity index (χ1v) is 8.58. The van der Waals surface area contributed by atoms with Crippen molar-refractivity contribution >= 4 is 5.91 Å². The number of amides is 1. The Labute approximate surface area is 143 Å². The smallest absolute Gasteiger partial charge is 0.251 e. The van der Waals surface area contributed by atoms with Gasteiger partial charge >= 0.3 is 0 Å². The number of hydrogen-bond acceptors (Lipinski definition) is 3. The lowest BCUT2D eigenvalue weighted by Crippen LogP contribution is -2.33. The third kappa shape index (κ3) is 4.23. The summed E-state index contributed by atoms with van der Waals surface area (Å²) in [5.74, 6) is 0.413. The van der Waals surface area contributed by atoms with Crippen molar-refractivity contribution < 1.29 is 9.53 Å². The fourth-order valence-electron chi connectivity index (χ4n) is 3.13. The van der Waals surface area contributed by atoms with Crippen LogP contribution < -0.4 is 5.32 Å². The summed E-state index contributed by atoms with van der Waals surface area (Å²) in [5.41, 5.74) is 3.91. The van der Waals surface area contributed by atoms with E-state index in [0.29, 0.717) is 24.6 Å². The van der Waals surface area contributed by atoms with Gasteiger partial charge in [-0.1, -0.05) is 12.1 Å². The Balaban J connectivity index is 1.61. The van der Waals surface area contributed by atoms with E-state index in [1.165, 1.54) is 0 Å². The molecule has 1 N–H and O–H groups in total. The van der Waals surface area contributed by atoms with Gasteiger partial charge in [0.15, 0.2) is 0 Å². The van der Waals surface area contributed by atoms with Gasteiger partial charge in [-0.2, -0.15) is 5.10 Å². The SMILES string of the molecule is Cc1cc(C)n(Cc2cccc(C(=O)NCC3CCCOC3)c2)n1. The first-order valence-electron chi connectivity index (χ1n) is 8.58. The molecule has 1 saturated heterocycles. The molecule has 1 fully saturated rings. The molecule has 0 radical (unpaired) electrons. The molecule has 1 aliphatic rings. The van der Waals surface area contributed by atoms with E-state index in [1.807, 2.05) is 42.8 Å². The van der Waals surface area contributed by atoms with E-state index in [-0.39, 0.29) is 5.91 Å². The van der Waals surface area contributed by atoms with Crippen molar-refractivity contribution in [1.29, 1.82) is 0 Å². The van der Waals surface area contributed by atoms with Gasteiger partial charge in [0.2, 0.25) is 0 Å². The molecule has 5 nitrogen and oxygen atoms in total. The van der Waals surface area contributed by atoms with E-state index in [2.05, 4.69) is 16.5 Å². The zero-order chi connectivity index (χ0) is 16.9. The van der Waals surface area contributed by atoms with Crippen LogP contribution in [0.1, 0.15) is 40.2 Å². The molecule has 24 heavy (non-hydrogen) atoms. The highest BCUT2D eigenvalue weighted by molar-refractivity contribution is 5.94. The molecule has 1 atom stereocenters. The fourth-order valence-corrected chi connectivity index (χ4v) is 3.13. The summed E-state index contributed by atoms with van der Waals surface area (Å²) in [7, 11) is 0. The van der Waals surface area contributed by atoms with E-state index < -0.39 is 0 Å². The Morgan fingerprint density at radius 1 is 1.38 bits per heavy atom. The van der Waals surface area contributed by atoms with Gasteiger partial charge in [-0.15, -0.1) is 0 Å². The van der Waals surface area contributed by atoms with Crippen LogP contribution in [0.4, 0.5) is 0 Å². The maximum absolute atomic E-state index is 12.4. The molecular formula is C19H25N3O2. The Morgan fingerprint density at radius 2 is 2.25 bits per heavy atom. The molecule has 1 unspecified atom stereocenters. The second kappa shape index (κ2) is 7.62. The predicted molar refractivity (Wildman–Crippen MR) is 93.1 cm³/mol. The Morgan fingerprint density at radius 3 is 2.96 bits per heavy atom. The van der Waals surface area contributed by atoms with Gasteiger partial charge in [-0.25, -0.2) is 0 Å². The average molecular weight is 327 g/mol. The first-order chi connectivity index (χ1) is 11.6. The normalized spacial score (nSPS) is 17.7. The van der Waals surface area contributed by atoms with Gasteiger partial charge in [0.05, 0.1) is 18.8 Å². The highest BCUT2D eigenvalue weighted by atomic mass is 16.5. The zero-order valence-corrected chi connectivity index (χ0v) is 14.4. The van der Waals surface area contributed by atoms with E-state index >= 15 is 0 Å². The van der Waals surface area contributed by atoms with Crippen LogP contribution >= 0.6 is 0 Å². The Hall–Kier alpha value is -2.14. The van der Waals surface area contributed by atoms with E-state index in [4.69, 9.17) is 4.74 Å². The quantitative estimate of drug-likeness (QED) is 0.918. The van der Waals surface area contributed by atoms with Crippen molar-refractivity contribution in [1.82, 2.24) is 15.1 Å². The summed E-state index contributed by atoms with van der Waals surface area (Å²) in [6.07, 6.45) is 2.21. The Kier molecular flexibility index (Phi) is 5.30. The van der Waals surface area contributed by atoms with Gasteiger partial charge in [-0.05, 0) is 56.4 Å². The molecule has 1 aromatic heterocycles. The number of benzene rings is 1. The van der Waals surface area contributed by atoms with Crippen LogP contribution in [0.5, 0.6) is 0 Å². The van der Waals surface area contributed by atoms with Gasteiger partial charge in [0.25, 0.3) is 5.91 Å². The van der Waals surface area contributed by atoms with Crippen molar-refractivity contribution in [2.24, 2.45) is 5.92 Å². The fraction of sp³-hybridized carbons (Fsp3) is 0.474. The number of aryl methyl sites for hydroxylation is 2. The van der Waals surface area contributed by atoms with Crippen LogP contribution in [0.15, 0.2) is 30.3 Å². The van der Waals surface area contributed by atoms with E-state index in [1.54, 1.807) is 0 Å². The lowest BCUT2D eigenvalue weighted by molar-refractivity contribution is 0.0536. The van der Waals surface area contributed by atoms with Gasteiger partial charge in [-0.3, -0.25) is 9.48 Å². The highest BCUT2D eigenvalue weighted by Crippen LogP contribution is 2.13. The molecule has 0 bridgehead atoms. The molecule has 0 aliphatic carbocycles. The van der Waals surface area contributed by atoms with Gasteiger partial charge in [0, 0.05) is 24.4 Å². The first kappa shape index (κ1) is 16.7. The largest absolute Gasteiger partial charge is 0.381 e. The summed E-state index contributed by atoms with van der Waals surface area (Å²) >= 11 is 0. The summed E-state index contributed by atoms with van der Waals surface area (Å²) in [6, 6.07) is 9.82. The number of nitrogens with one attached hydrogen (secondary N) is 1. The molecule has 2 aromatic rings. The molecule has 3 rings (SSSR count). The summed E-state index contributed by atoms with van der Waals surface area (Å²) in [5, 5.41) is 7.51. The van der Waals surface area contributed by atoms with Crippen molar-refractivity contribution in [2.75, 3.05) is 19.8 Å². The minimum absolute atomic E-state index is 0.0178. The lowest BCUT2D eigenvalue weighted by atomic mass is 10.0. The van der Waals surface area contributed by atoms with Gasteiger partial charge in [0.1, 0.15) is 0 Å². The maximum atomic E-state index is 12.4. The van der Waals surface area contributed by atoms with Crippen LogP contribution in [-0.4, -0.2) is 35.4 Å². The van der Waals surface area contributed by atoms with Crippen molar-refractivity contribution in [2.45, 2.75) is 33.2 Å². The van der Waals surface area contributed by atoms with Crippen LogP contribution in [-0.2, 0) is 11.3 Å². The molecule has 1 aliphatic heterocycles. The molecule has 0 spiro atoms. The highest BCUT2D eigenvalue weighted by Gasteiger charge is 2.15. The molecule has 128 valence electrons. The second-order valence-corrected chi connectivity index (χ2v) is 6.58. The van der Waals surface area contributed by atoms with Crippen molar-refractivity contribution in [3.05, 3.63) is 52.8 Å². The van der Waals surface area contributed by atoms with Crippen LogP contribution in [0.2, 0.25) is 0 Å². The predicted octanol–water partition coefficient (Wildman–Crippen LogP) is 2.70. The second-order valence-electron chi connectivity index (χ2n) is 6.58. The molecule has 5 heteroatoms. The number of hydrogen-bond donors (Lipinski definition) is 1. The molecule has 0 saturated carbocycles. The summed E-state index contributed by atoms with van der Waals surface area (Å²) in [4.78, 5) is 12.4.